The number of aliphatic imine (C=N–C) groups is 2. The second-order valence-corrected chi connectivity index (χ2v) is 11.0. The molecule has 0 bridgehead atoms. The zero-order valence-electron chi connectivity index (χ0n) is 23.6. The van der Waals surface area contributed by atoms with Crippen molar-refractivity contribution in [2.45, 2.75) is 6.17 Å². The highest BCUT2D eigenvalue weighted by molar-refractivity contribution is 6.17. The molecule has 2 aromatic heterocycles. The number of hydrogen-bond acceptors (Lipinski definition) is 5. The second kappa shape index (κ2) is 9.82. The van der Waals surface area contributed by atoms with Crippen LogP contribution in [0.3, 0.4) is 0 Å². The summed E-state index contributed by atoms with van der Waals surface area (Å²) in [7, 11) is 0. The molecule has 5 nitrogen and oxygen atoms in total. The van der Waals surface area contributed by atoms with Crippen LogP contribution in [0.15, 0.2) is 158 Å². The molecule has 6 aromatic carbocycles. The van der Waals surface area contributed by atoms with E-state index >= 15 is 0 Å². The summed E-state index contributed by atoms with van der Waals surface area (Å²) in [6.45, 7) is 0. The van der Waals surface area contributed by atoms with Crippen molar-refractivity contribution >= 4 is 55.5 Å². The van der Waals surface area contributed by atoms with Crippen molar-refractivity contribution in [2.24, 2.45) is 9.98 Å². The second-order valence-electron chi connectivity index (χ2n) is 11.0. The smallest absolute Gasteiger partial charge is 0.159 e. The monoisotopic (exact) mass is 567 g/mol. The normalized spacial score (nSPS) is 15.0. The number of fused-ring (bicyclic) bond motifs is 6. The van der Waals surface area contributed by atoms with Crippen LogP contribution < -0.4 is 5.32 Å². The average Bonchev–Trinajstić information content (AvgIpc) is 3.67. The van der Waals surface area contributed by atoms with Gasteiger partial charge in [0.25, 0.3) is 0 Å². The first-order valence-electron chi connectivity index (χ1n) is 14.7. The third kappa shape index (κ3) is 3.94. The van der Waals surface area contributed by atoms with Gasteiger partial charge >= 0.3 is 0 Å². The lowest BCUT2D eigenvalue weighted by Crippen LogP contribution is -2.33. The number of amidine groups is 2. The lowest BCUT2D eigenvalue weighted by molar-refractivity contribution is 0.655. The van der Waals surface area contributed by atoms with Gasteiger partial charge in [-0.2, -0.15) is 0 Å². The van der Waals surface area contributed by atoms with Crippen molar-refractivity contribution in [1.82, 2.24) is 5.32 Å². The van der Waals surface area contributed by atoms with Gasteiger partial charge in [0, 0.05) is 43.8 Å². The van der Waals surface area contributed by atoms with E-state index < -0.39 is 0 Å². The highest BCUT2D eigenvalue weighted by Crippen LogP contribution is 2.42. The van der Waals surface area contributed by atoms with E-state index in [-0.39, 0.29) is 6.17 Å². The molecule has 1 unspecified atom stereocenters. The van der Waals surface area contributed by atoms with Gasteiger partial charge in [0.2, 0.25) is 0 Å². The summed E-state index contributed by atoms with van der Waals surface area (Å²) in [6, 6.07) is 47.4. The van der Waals surface area contributed by atoms with Gasteiger partial charge in [-0.3, -0.25) is 0 Å². The highest BCUT2D eigenvalue weighted by atomic mass is 16.3. The summed E-state index contributed by atoms with van der Waals surface area (Å²) in [5, 5.41) is 7.90. The van der Waals surface area contributed by atoms with Gasteiger partial charge in [0.15, 0.2) is 5.84 Å². The van der Waals surface area contributed by atoms with Crippen LogP contribution in [-0.4, -0.2) is 11.7 Å². The molecule has 0 amide bonds. The molecule has 0 radical (unpaired) electrons. The minimum absolute atomic E-state index is 0.332. The summed E-state index contributed by atoms with van der Waals surface area (Å²) < 4.78 is 12.9. The molecule has 1 aliphatic rings. The first-order valence-corrected chi connectivity index (χ1v) is 14.7. The van der Waals surface area contributed by atoms with Crippen molar-refractivity contribution in [3.63, 3.8) is 0 Å². The minimum atomic E-state index is -0.332. The first-order chi connectivity index (χ1) is 21.8. The highest BCUT2D eigenvalue weighted by Gasteiger charge is 2.23. The number of benzene rings is 6. The Labute approximate surface area is 252 Å². The average molecular weight is 568 g/mol. The van der Waals surface area contributed by atoms with E-state index in [0.717, 1.165) is 77.5 Å². The van der Waals surface area contributed by atoms with Crippen LogP contribution in [0.5, 0.6) is 0 Å². The lowest BCUT2D eigenvalue weighted by Gasteiger charge is -2.23. The van der Waals surface area contributed by atoms with Gasteiger partial charge in [-0.15, -0.1) is 0 Å². The fourth-order valence-electron chi connectivity index (χ4n) is 6.28. The molecule has 3 heterocycles. The van der Waals surface area contributed by atoms with Crippen molar-refractivity contribution < 1.29 is 8.83 Å². The molecular weight excluding hydrogens is 542 g/mol. The molecule has 9 rings (SSSR count). The van der Waals surface area contributed by atoms with Crippen LogP contribution in [0.25, 0.3) is 55.0 Å². The van der Waals surface area contributed by atoms with Crippen LogP contribution in [0.2, 0.25) is 0 Å². The van der Waals surface area contributed by atoms with Gasteiger partial charge in [-0.1, -0.05) is 121 Å². The van der Waals surface area contributed by atoms with E-state index in [1.807, 2.05) is 72.8 Å². The first kappa shape index (κ1) is 24.6. The van der Waals surface area contributed by atoms with Crippen molar-refractivity contribution in [2.75, 3.05) is 0 Å². The van der Waals surface area contributed by atoms with Gasteiger partial charge < -0.3 is 14.2 Å². The summed E-state index contributed by atoms with van der Waals surface area (Å²) >= 11 is 0. The van der Waals surface area contributed by atoms with E-state index in [4.69, 9.17) is 18.8 Å². The zero-order valence-corrected chi connectivity index (χ0v) is 23.6. The van der Waals surface area contributed by atoms with Crippen LogP contribution >= 0.6 is 0 Å². The number of rotatable bonds is 4. The summed E-state index contributed by atoms with van der Waals surface area (Å²) in [5.74, 6) is 1.48. The molecule has 0 aliphatic carbocycles. The molecule has 0 spiro atoms. The maximum absolute atomic E-state index is 6.69. The van der Waals surface area contributed by atoms with E-state index in [9.17, 15) is 0 Å². The summed E-state index contributed by atoms with van der Waals surface area (Å²) in [5.41, 5.74) is 8.53. The molecule has 5 heteroatoms. The van der Waals surface area contributed by atoms with Crippen LogP contribution in [0, 0.1) is 0 Å². The molecule has 0 saturated carbocycles. The van der Waals surface area contributed by atoms with Crippen LogP contribution in [0.1, 0.15) is 22.9 Å². The maximum atomic E-state index is 6.69. The third-order valence-electron chi connectivity index (χ3n) is 8.35. The number of nitrogens with one attached hydrogen (secondary N) is 1. The van der Waals surface area contributed by atoms with E-state index in [1.54, 1.807) is 0 Å². The molecule has 1 N–H and O–H groups in total. The topological polar surface area (TPSA) is 63.0 Å². The fraction of sp³-hybridized carbons (Fsp3) is 0.0256. The Bertz CT molecular complexity index is 2420. The van der Waals surface area contributed by atoms with Gasteiger partial charge in [-0.05, 0) is 23.8 Å². The third-order valence-corrected chi connectivity index (χ3v) is 8.35. The van der Waals surface area contributed by atoms with Gasteiger partial charge in [-0.25, -0.2) is 9.98 Å². The van der Waals surface area contributed by atoms with Gasteiger partial charge in [0.05, 0.1) is 0 Å². The Morgan fingerprint density at radius 2 is 1.23 bits per heavy atom. The number of nitrogens with zero attached hydrogens (tertiary/aromatic N) is 2. The Morgan fingerprint density at radius 1 is 0.523 bits per heavy atom. The predicted molar refractivity (Wildman–Crippen MR) is 178 cm³/mol. The predicted octanol–water partition coefficient (Wildman–Crippen LogP) is 9.65. The summed E-state index contributed by atoms with van der Waals surface area (Å²) in [6.07, 6.45) is -0.332. The Kier molecular flexibility index (Phi) is 5.50. The number of hydrogen-bond donors (Lipinski definition) is 1. The molecule has 0 saturated heterocycles. The van der Waals surface area contributed by atoms with Crippen molar-refractivity contribution in [3.8, 4) is 11.1 Å². The fourth-order valence-corrected chi connectivity index (χ4v) is 6.28. The molecular formula is C39H25N3O2. The van der Waals surface area contributed by atoms with E-state index in [0.29, 0.717) is 5.84 Å². The van der Waals surface area contributed by atoms with Crippen LogP contribution in [-0.2, 0) is 0 Å². The Hall–Kier alpha value is -5.94. The van der Waals surface area contributed by atoms with E-state index in [2.05, 4.69) is 72.0 Å². The Morgan fingerprint density at radius 3 is 2.09 bits per heavy atom. The van der Waals surface area contributed by atoms with Crippen molar-refractivity contribution in [1.29, 1.82) is 0 Å². The summed E-state index contributed by atoms with van der Waals surface area (Å²) in [4.78, 5) is 9.95. The number of furan rings is 2. The lowest BCUT2D eigenvalue weighted by atomic mass is 9.97. The van der Waals surface area contributed by atoms with Gasteiger partial charge in [0.1, 0.15) is 34.3 Å². The standard InChI is InChI=1S/C39H25N3O2/c1-3-11-24(12-4-1)37-40-38(25-13-5-2-6-14-25)42-39(41-37)26-21-22-27-29-17-9-18-30(36(29)44-34(27)23-26)28-16-10-20-33-35(28)31-15-7-8-19-32(31)43-33/h1-23,39H,(H,40,41,42). The molecule has 1 atom stereocenters. The molecule has 1 aliphatic heterocycles. The molecule has 208 valence electrons. The van der Waals surface area contributed by atoms with Crippen LogP contribution in [0.4, 0.5) is 0 Å². The molecule has 0 fully saturated rings. The maximum Gasteiger partial charge on any atom is 0.159 e. The number of para-hydroxylation sites is 2. The quantitative estimate of drug-likeness (QED) is 0.230. The SMILES string of the molecule is c1ccc(C2=NC(c3ccc4c(c3)oc3c(-c5cccc6oc7ccccc7c56)cccc34)NC(c3ccccc3)=N2)cc1. The zero-order chi connectivity index (χ0) is 29.0. The molecule has 44 heavy (non-hydrogen) atoms. The minimum Gasteiger partial charge on any atom is -0.456 e. The van der Waals surface area contributed by atoms with E-state index in [1.165, 1.54) is 0 Å². The van der Waals surface area contributed by atoms with Crippen molar-refractivity contribution in [3.05, 3.63) is 156 Å². The molecule has 8 aromatic rings. The largest absolute Gasteiger partial charge is 0.456 e. The Balaban J connectivity index is 1.18.